The SMILES string of the molecule is CC(Nc1cc(Br)ccc1F)c1ccccc1O. The van der Waals surface area contributed by atoms with Gasteiger partial charge in [-0.25, -0.2) is 4.39 Å². The average molecular weight is 310 g/mol. The highest BCUT2D eigenvalue weighted by molar-refractivity contribution is 9.10. The molecule has 0 spiro atoms. The summed E-state index contributed by atoms with van der Waals surface area (Å²) < 4.78 is 14.4. The molecule has 0 saturated carbocycles. The third kappa shape index (κ3) is 2.82. The van der Waals surface area contributed by atoms with Gasteiger partial charge in [0.1, 0.15) is 11.6 Å². The number of halogens is 2. The highest BCUT2D eigenvalue weighted by atomic mass is 79.9. The number of benzene rings is 2. The van der Waals surface area contributed by atoms with Crippen molar-refractivity contribution in [1.29, 1.82) is 0 Å². The van der Waals surface area contributed by atoms with E-state index >= 15 is 0 Å². The summed E-state index contributed by atoms with van der Waals surface area (Å²) in [5, 5.41) is 12.8. The molecule has 0 amide bonds. The van der Waals surface area contributed by atoms with Crippen molar-refractivity contribution in [1.82, 2.24) is 0 Å². The minimum atomic E-state index is -0.319. The van der Waals surface area contributed by atoms with Gasteiger partial charge >= 0.3 is 0 Å². The van der Waals surface area contributed by atoms with Crippen LogP contribution in [0.2, 0.25) is 0 Å². The summed E-state index contributed by atoms with van der Waals surface area (Å²) in [5.74, 6) is -0.117. The van der Waals surface area contributed by atoms with Gasteiger partial charge in [-0.3, -0.25) is 0 Å². The summed E-state index contributed by atoms with van der Waals surface area (Å²) in [6, 6.07) is 11.5. The van der Waals surface area contributed by atoms with Crippen molar-refractivity contribution >= 4 is 21.6 Å². The molecule has 2 N–H and O–H groups in total. The first-order valence-corrected chi connectivity index (χ1v) is 6.36. The predicted octanol–water partition coefficient (Wildman–Crippen LogP) is 4.47. The third-order valence-corrected chi connectivity index (χ3v) is 3.20. The maximum Gasteiger partial charge on any atom is 0.146 e. The lowest BCUT2D eigenvalue weighted by atomic mass is 10.1. The van der Waals surface area contributed by atoms with Gasteiger partial charge in [0.2, 0.25) is 0 Å². The molecule has 0 aliphatic heterocycles. The summed E-state index contributed by atoms with van der Waals surface area (Å²) in [7, 11) is 0. The van der Waals surface area contributed by atoms with Crippen molar-refractivity contribution < 1.29 is 9.50 Å². The van der Waals surface area contributed by atoms with Crippen LogP contribution in [0.4, 0.5) is 10.1 Å². The minimum absolute atomic E-state index is 0.185. The van der Waals surface area contributed by atoms with E-state index in [0.717, 1.165) is 10.0 Å². The van der Waals surface area contributed by atoms with Crippen LogP contribution < -0.4 is 5.32 Å². The number of phenols is 1. The van der Waals surface area contributed by atoms with Gasteiger partial charge in [-0.05, 0) is 31.2 Å². The lowest BCUT2D eigenvalue weighted by Crippen LogP contribution is -2.08. The van der Waals surface area contributed by atoms with Gasteiger partial charge in [0.25, 0.3) is 0 Å². The van der Waals surface area contributed by atoms with Crippen molar-refractivity contribution in [2.45, 2.75) is 13.0 Å². The molecule has 0 saturated heterocycles. The van der Waals surface area contributed by atoms with Crippen molar-refractivity contribution in [2.75, 3.05) is 5.32 Å². The minimum Gasteiger partial charge on any atom is -0.508 e. The van der Waals surface area contributed by atoms with Crippen LogP contribution in [0.3, 0.4) is 0 Å². The number of nitrogens with one attached hydrogen (secondary N) is 1. The lowest BCUT2D eigenvalue weighted by molar-refractivity contribution is 0.465. The van der Waals surface area contributed by atoms with Crippen LogP contribution in [0, 0.1) is 5.82 Å². The van der Waals surface area contributed by atoms with Crippen molar-refractivity contribution in [3.05, 3.63) is 58.3 Å². The number of anilines is 1. The van der Waals surface area contributed by atoms with Gasteiger partial charge in [-0.1, -0.05) is 34.1 Å². The molecule has 0 heterocycles. The number of rotatable bonds is 3. The molecule has 2 aromatic carbocycles. The van der Waals surface area contributed by atoms with Crippen molar-refractivity contribution in [3.63, 3.8) is 0 Å². The Labute approximate surface area is 114 Å². The van der Waals surface area contributed by atoms with Crippen LogP contribution >= 0.6 is 15.9 Å². The number of hydrogen-bond acceptors (Lipinski definition) is 2. The van der Waals surface area contributed by atoms with E-state index in [0.29, 0.717) is 5.69 Å². The molecule has 0 aromatic heterocycles. The van der Waals surface area contributed by atoms with E-state index in [4.69, 9.17) is 0 Å². The molecule has 0 fully saturated rings. The van der Waals surface area contributed by atoms with Crippen LogP contribution in [0.25, 0.3) is 0 Å². The van der Waals surface area contributed by atoms with Crippen LogP contribution in [-0.4, -0.2) is 5.11 Å². The maximum atomic E-state index is 13.6. The Bertz CT molecular complexity index is 559. The Morgan fingerprint density at radius 2 is 1.94 bits per heavy atom. The Morgan fingerprint density at radius 1 is 1.22 bits per heavy atom. The highest BCUT2D eigenvalue weighted by Crippen LogP contribution is 2.28. The van der Waals surface area contributed by atoms with Crippen LogP contribution in [0.1, 0.15) is 18.5 Å². The first-order valence-electron chi connectivity index (χ1n) is 5.57. The first-order chi connectivity index (χ1) is 8.58. The Morgan fingerprint density at radius 3 is 2.67 bits per heavy atom. The fraction of sp³-hybridized carbons (Fsp3) is 0.143. The summed E-state index contributed by atoms with van der Waals surface area (Å²) in [6.45, 7) is 1.87. The molecular formula is C14H13BrFNO. The molecular weight excluding hydrogens is 297 g/mol. The van der Waals surface area contributed by atoms with E-state index < -0.39 is 0 Å². The molecule has 1 unspecified atom stereocenters. The molecule has 4 heteroatoms. The summed E-state index contributed by atoms with van der Waals surface area (Å²) in [4.78, 5) is 0. The number of para-hydroxylation sites is 1. The zero-order valence-electron chi connectivity index (χ0n) is 9.82. The zero-order valence-corrected chi connectivity index (χ0v) is 11.4. The highest BCUT2D eigenvalue weighted by Gasteiger charge is 2.11. The molecule has 2 nitrogen and oxygen atoms in total. The van der Waals surface area contributed by atoms with E-state index in [2.05, 4.69) is 21.2 Å². The molecule has 94 valence electrons. The van der Waals surface area contributed by atoms with E-state index in [1.165, 1.54) is 6.07 Å². The third-order valence-electron chi connectivity index (χ3n) is 2.70. The molecule has 0 radical (unpaired) electrons. The monoisotopic (exact) mass is 309 g/mol. The average Bonchev–Trinajstić information content (AvgIpc) is 2.34. The molecule has 2 aromatic rings. The predicted molar refractivity (Wildman–Crippen MR) is 74.2 cm³/mol. The Hall–Kier alpha value is -1.55. The molecule has 0 bridgehead atoms. The van der Waals surface area contributed by atoms with E-state index in [1.807, 2.05) is 19.1 Å². The van der Waals surface area contributed by atoms with Gasteiger partial charge < -0.3 is 10.4 Å². The lowest BCUT2D eigenvalue weighted by Gasteiger charge is -2.17. The zero-order chi connectivity index (χ0) is 13.1. The fourth-order valence-electron chi connectivity index (χ4n) is 1.77. The van der Waals surface area contributed by atoms with Crippen molar-refractivity contribution in [3.8, 4) is 5.75 Å². The van der Waals surface area contributed by atoms with E-state index in [1.54, 1.807) is 24.3 Å². The van der Waals surface area contributed by atoms with Gasteiger partial charge in [0, 0.05) is 10.0 Å². The van der Waals surface area contributed by atoms with E-state index in [-0.39, 0.29) is 17.6 Å². The van der Waals surface area contributed by atoms with Crippen LogP contribution in [0.5, 0.6) is 5.75 Å². The largest absolute Gasteiger partial charge is 0.508 e. The van der Waals surface area contributed by atoms with Gasteiger partial charge in [0.05, 0.1) is 11.7 Å². The molecule has 2 rings (SSSR count). The van der Waals surface area contributed by atoms with E-state index in [9.17, 15) is 9.50 Å². The molecule has 1 atom stereocenters. The molecule has 0 aliphatic rings. The maximum absolute atomic E-state index is 13.6. The smallest absolute Gasteiger partial charge is 0.146 e. The Balaban J connectivity index is 2.24. The van der Waals surface area contributed by atoms with Gasteiger partial charge in [-0.2, -0.15) is 0 Å². The quantitative estimate of drug-likeness (QED) is 0.877. The summed E-state index contributed by atoms with van der Waals surface area (Å²) in [5.41, 5.74) is 1.14. The number of aromatic hydroxyl groups is 1. The topological polar surface area (TPSA) is 32.3 Å². The number of phenolic OH excluding ortho intramolecular Hbond substituents is 1. The van der Waals surface area contributed by atoms with Crippen LogP contribution in [0.15, 0.2) is 46.9 Å². The second-order valence-electron chi connectivity index (χ2n) is 4.05. The van der Waals surface area contributed by atoms with Gasteiger partial charge in [0.15, 0.2) is 0 Å². The fourth-order valence-corrected chi connectivity index (χ4v) is 2.13. The Kier molecular flexibility index (Phi) is 3.87. The summed E-state index contributed by atoms with van der Waals surface area (Å²) >= 11 is 3.30. The second-order valence-corrected chi connectivity index (χ2v) is 4.96. The standard InChI is InChI=1S/C14H13BrFNO/c1-9(11-4-2-3-5-14(11)18)17-13-8-10(15)6-7-12(13)16/h2-9,17-18H,1H3. The van der Waals surface area contributed by atoms with Crippen molar-refractivity contribution in [2.24, 2.45) is 0 Å². The van der Waals surface area contributed by atoms with Crippen LogP contribution in [-0.2, 0) is 0 Å². The van der Waals surface area contributed by atoms with Gasteiger partial charge in [-0.15, -0.1) is 0 Å². The number of hydrogen-bond donors (Lipinski definition) is 2. The summed E-state index contributed by atoms with van der Waals surface area (Å²) in [6.07, 6.45) is 0. The normalized spacial score (nSPS) is 12.2. The molecule has 0 aliphatic carbocycles. The first kappa shape index (κ1) is 12.9. The molecule has 18 heavy (non-hydrogen) atoms. The second kappa shape index (κ2) is 5.40.